The summed E-state index contributed by atoms with van der Waals surface area (Å²) >= 11 is 0. The van der Waals surface area contributed by atoms with Gasteiger partial charge in [-0.05, 0) is 25.3 Å². The molecule has 0 spiro atoms. The first-order valence-corrected chi connectivity index (χ1v) is 5.91. The number of hydrogen-bond acceptors (Lipinski definition) is 1. The Bertz CT molecular complexity index is 186. The Labute approximate surface area is 97.0 Å². The lowest BCUT2D eigenvalue weighted by atomic mass is 10.1. The van der Waals surface area contributed by atoms with Crippen molar-refractivity contribution in [1.82, 2.24) is 0 Å². The average molecular weight is 211 g/mol. The lowest BCUT2D eigenvalue weighted by Crippen LogP contribution is -2.00. The lowest BCUT2D eigenvalue weighted by Gasteiger charge is -2.00. The Kier molecular flexibility index (Phi) is 20.5. The Morgan fingerprint density at radius 1 is 1.07 bits per heavy atom. The molecular formula is C14H29N. The fourth-order valence-corrected chi connectivity index (χ4v) is 0.405. The highest BCUT2D eigenvalue weighted by Gasteiger charge is 1.94. The molecule has 0 atom stereocenters. The van der Waals surface area contributed by atoms with Crippen LogP contribution in [-0.4, -0.2) is 5.71 Å². The maximum Gasteiger partial charge on any atom is 0.0296 e. The summed E-state index contributed by atoms with van der Waals surface area (Å²) in [6, 6.07) is 0. The van der Waals surface area contributed by atoms with Crippen LogP contribution in [0.4, 0.5) is 0 Å². The average Bonchev–Trinajstić information content (AvgIpc) is 2.30. The molecule has 0 N–H and O–H groups in total. The predicted molar refractivity (Wildman–Crippen MR) is 74.6 cm³/mol. The van der Waals surface area contributed by atoms with Crippen molar-refractivity contribution in [1.29, 1.82) is 0 Å². The molecule has 15 heavy (non-hydrogen) atoms. The molecule has 0 aromatic heterocycles. The van der Waals surface area contributed by atoms with Crippen molar-refractivity contribution < 1.29 is 0 Å². The summed E-state index contributed by atoms with van der Waals surface area (Å²) in [6.07, 6.45) is 3.65. The zero-order valence-electron chi connectivity index (χ0n) is 11.9. The van der Waals surface area contributed by atoms with Crippen LogP contribution in [0.5, 0.6) is 0 Å². The van der Waals surface area contributed by atoms with Gasteiger partial charge in [-0.2, -0.15) is 0 Å². The van der Waals surface area contributed by atoms with Gasteiger partial charge in [-0.1, -0.05) is 54.2 Å². The van der Waals surface area contributed by atoms with Crippen LogP contribution in [0, 0.1) is 5.92 Å². The molecule has 0 aliphatic carbocycles. The maximum absolute atomic E-state index is 4.28. The molecule has 0 amide bonds. The molecule has 0 aromatic carbocycles. The first-order valence-electron chi connectivity index (χ1n) is 5.91. The van der Waals surface area contributed by atoms with Crippen molar-refractivity contribution in [2.75, 3.05) is 0 Å². The second-order valence-corrected chi connectivity index (χ2v) is 3.00. The molecule has 0 aliphatic heterocycles. The monoisotopic (exact) mass is 211 g/mol. The fourth-order valence-electron chi connectivity index (χ4n) is 0.405. The van der Waals surface area contributed by atoms with E-state index in [1.807, 2.05) is 47.7 Å². The standard InChI is InChI=1S/C10H17N.2C2H6/c1-6-9(4)7-11-10(5)8(2)3;2*1-2/h6-8H,1H2,2-5H3;2*1-2H3/b9-7-,11-10?;;. The molecule has 90 valence electrons. The molecule has 0 fully saturated rings. The molecule has 0 saturated heterocycles. The van der Waals surface area contributed by atoms with Gasteiger partial charge in [0.2, 0.25) is 0 Å². The minimum atomic E-state index is 0.531. The second-order valence-electron chi connectivity index (χ2n) is 3.00. The van der Waals surface area contributed by atoms with Gasteiger partial charge in [-0.15, -0.1) is 0 Å². The summed E-state index contributed by atoms with van der Waals surface area (Å²) in [6.45, 7) is 19.9. The van der Waals surface area contributed by atoms with Crippen LogP contribution in [0.25, 0.3) is 0 Å². The summed E-state index contributed by atoms with van der Waals surface area (Å²) in [5.41, 5.74) is 2.26. The van der Waals surface area contributed by atoms with Gasteiger partial charge < -0.3 is 0 Å². The van der Waals surface area contributed by atoms with Gasteiger partial charge in [0.15, 0.2) is 0 Å². The number of hydrogen-bond donors (Lipinski definition) is 0. The van der Waals surface area contributed by atoms with Gasteiger partial charge in [-0.25, -0.2) is 0 Å². The van der Waals surface area contributed by atoms with E-state index in [0.29, 0.717) is 5.92 Å². The first-order chi connectivity index (χ1) is 7.07. The van der Waals surface area contributed by atoms with Crippen LogP contribution in [0.2, 0.25) is 0 Å². The topological polar surface area (TPSA) is 12.4 Å². The van der Waals surface area contributed by atoms with E-state index in [2.05, 4.69) is 25.4 Å². The summed E-state index contributed by atoms with van der Waals surface area (Å²) in [5.74, 6) is 0.531. The van der Waals surface area contributed by atoms with Crippen molar-refractivity contribution >= 4 is 5.71 Å². The smallest absolute Gasteiger partial charge is 0.0296 e. The first kappa shape index (κ1) is 19.7. The minimum absolute atomic E-state index is 0.531. The lowest BCUT2D eigenvalue weighted by molar-refractivity contribution is 0.878. The van der Waals surface area contributed by atoms with Crippen molar-refractivity contribution in [2.45, 2.75) is 55.4 Å². The van der Waals surface area contributed by atoms with E-state index in [-0.39, 0.29) is 0 Å². The van der Waals surface area contributed by atoms with Crippen molar-refractivity contribution in [2.24, 2.45) is 10.9 Å². The third kappa shape index (κ3) is 15.9. The highest BCUT2D eigenvalue weighted by Crippen LogP contribution is 1.99. The van der Waals surface area contributed by atoms with Gasteiger partial charge in [0.05, 0.1) is 0 Å². The van der Waals surface area contributed by atoms with E-state index in [1.165, 1.54) is 0 Å². The van der Waals surface area contributed by atoms with E-state index < -0.39 is 0 Å². The molecular weight excluding hydrogens is 182 g/mol. The fraction of sp³-hybridized carbons (Fsp3) is 0.643. The van der Waals surface area contributed by atoms with E-state index in [0.717, 1.165) is 11.3 Å². The van der Waals surface area contributed by atoms with Gasteiger partial charge in [0, 0.05) is 11.9 Å². The van der Waals surface area contributed by atoms with Crippen LogP contribution >= 0.6 is 0 Å². The number of rotatable bonds is 3. The summed E-state index contributed by atoms with van der Waals surface area (Å²) in [7, 11) is 0. The largest absolute Gasteiger partial charge is 0.265 e. The zero-order chi connectivity index (χ0) is 12.9. The summed E-state index contributed by atoms with van der Waals surface area (Å²) in [4.78, 5) is 4.28. The van der Waals surface area contributed by atoms with Crippen molar-refractivity contribution in [3.8, 4) is 0 Å². The molecule has 0 rings (SSSR count). The molecule has 0 aliphatic rings. The van der Waals surface area contributed by atoms with Crippen molar-refractivity contribution in [3.63, 3.8) is 0 Å². The number of allylic oxidation sites excluding steroid dienone is 2. The van der Waals surface area contributed by atoms with Gasteiger partial charge in [0.25, 0.3) is 0 Å². The minimum Gasteiger partial charge on any atom is -0.265 e. The molecule has 1 heteroatoms. The number of nitrogens with zero attached hydrogens (tertiary/aromatic N) is 1. The SMILES string of the molecule is C=C/C(C)=C\N=C(C)C(C)C.CC.CC. The predicted octanol–water partition coefficient (Wildman–Crippen LogP) is 5.25. The molecule has 0 heterocycles. The van der Waals surface area contributed by atoms with Crippen LogP contribution in [0.3, 0.4) is 0 Å². The van der Waals surface area contributed by atoms with E-state index in [1.54, 1.807) is 6.08 Å². The zero-order valence-corrected chi connectivity index (χ0v) is 11.9. The Balaban J connectivity index is -0.000000318. The van der Waals surface area contributed by atoms with E-state index >= 15 is 0 Å². The number of aliphatic imine (C=N–C) groups is 1. The Morgan fingerprint density at radius 2 is 1.47 bits per heavy atom. The Hall–Kier alpha value is -0.850. The molecule has 0 saturated carbocycles. The van der Waals surface area contributed by atoms with E-state index in [9.17, 15) is 0 Å². The van der Waals surface area contributed by atoms with Crippen LogP contribution in [-0.2, 0) is 0 Å². The normalized spacial score (nSPS) is 11.0. The van der Waals surface area contributed by atoms with Gasteiger partial charge >= 0.3 is 0 Å². The maximum atomic E-state index is 4.28. The molecule has 1 nitrogen and oxygen atoms in total. The second kappa shape index (κ2) is 15.6. The van der Waals surface area contributed by atoms with Crippen LogP contribution in [0.15, 0.2) is 29.4 Å². The highest BCUT2D eigenvalue weighted by atomic mass is 14.7. The molecule has 0 bridgehead atoms. The molecule has 0 aromatic rings. The third-order valence-electron chi connectivity index (χ3n) is 1.63. The Morgan fingerprint density at radius 3 is 1.73 bits per heavy atom. The summed E-state index contributed by atoms with van der Waals surface area (Å²) < 4.78 is 0. The molecule has 0 radical (unpaired) electrons. The van der Waals surface area contributed by atoms with Gasteiger partial charge in [-0.3, -0.25) is 4.99 Å². The molecule has 0 unspecified atom stereocenters. The third-order valence-corrected chi connectivity index (χ3v) is 1.63. The van der Waals surface area contributed by atoms with Gasteiger partial charge in [0.1, 0.15) is 0 Å². The van der Waals surface area contributed by atoms with Crippen molar-refractivity contribution in [3.05, 3.63) is 24.4 Å². The van der Waals surface area contributed by atoms with Crippen LogP contribution in [0.1, 0.15) is 55.4 Å². The van der Waals surface area contributed by atoms with Crippen LogP contribution < -0.4 is 0 Å². The summed E-state index contributed by atoms with van der Waals surface area (Å²) in [5, 5.41) is 0. The van der Waals surface area contributed by atoms with E-state index in [4.69, 9.17) is 0 Å². The quantitative estimate of drug-likeness (QED) is 0.447. The highest BCUT2D eigenvalue weighted by molar-refractivity contribution is 5.84.